The van der Waals surface area contributed by atoms with Crippen LogP contribution in [0.15, 0.2) is 48.5 Å². The number of carbonyl (C=O) groups excluding carboxylic acids is 2. The number of nitrogens with zero attached hydrogens (tertiary/aromatic N) is 2. The standard InChI is InChI=1S/C24H29N3O4S/c1-18-4-6-19(7-5-18)17-32(30,31)26-15-12-20(13-16-26)24(29)25-21-8-10-22(11-9-21)27-14-2-3-23(27)28/h4-11,20H,2-3,12-17H2,1H3,(H,25,29). The molecule has 0 radical (unpaired) electrons. The molecular formula is C24H29N3O4S. The Balaban J connectivity index is 1.29. The second-order valence-electron chi connectivity index (χ2n) is 8.60. The molecule has 2 aromatic carbocycles. The molecule has 170 valence electrons. The number of amides is 2. The number of piperidine rings is 1. The minimum atomic E-state index is -3.41. The largest absolute Gasteiger partial charge is 0.326 e. The topological polar surface area (TPSA) is 86.8 Å². The molecule has 1 N–H and O–H groups in total. The van der Waals surface area contributed by atoms with Gasteiger partial charge in [0, 0.05) is 43.3 Å². The SMILES string of the molecule is Cc1ccc(CS(=O)(=O)N2CCC(C(=O)Nc3ccc(N4CCCC4=O)cc3)CC2)cc1. The van der Waals surface area contributed by atoms with E-state index in [2.05, 4.69) is 5.32 Å². The van der Waals surface area contributed by atoms with Crippen LogP contribution in [0.4, 0.5) is 11.4 Å². The summed E-state index contributed by atoms with van der Waals surface area (Å²) in [7, 11) is -3.41. The van der Waals surface area contributed by atoms with Crippen molar-refractivity contribution in [2.24, 2.45) is 5.92 Å². The van der Waals surface area contributed by atoms with Gasteiger partial charge in [-0.1, -0.05) is 29.8 Å². The fourth-order valence-corrected chi connectivity index (χ4v) is 5.84. The van der Waals surface area contributed by atoms with E-state index in [4.69, 9.17) is 0 Å². The van der Waals surface area contributed by atoms with Crippen molar-refractivity contribution in [3.63, 3.8) is 0 Å². The lowest BCUT2D eigenvalue weighted by Gasteiger charge is -2.30. The number of anilines is 2. The highest BCUT2D eigenvalue weighted by Gasteiger charge is 2.31. The fraction of sp³-hybridized carbons (Fsp3) is 0.417. The van der Waals surface area contributed by atoms with E-state index in [-0.39, 0.29) is 23.5 Å². The molecule has 4 rings (SSSR count). The third-order valence-corrected chi connectivity index (χ3v) is 8.06. The van der Waals surface area contributed by atoms with Crippen molar-refractivity contribution < 1.29 is 18.0 Å². The lowest BCUT2D eigenvalue weighted by Crippen LogP contribution is -2.41. The Labute approximate surface area is 189 Å². The maximum Gasteiger partial charge on any atom is 0.227 e. The highest BCUT2D eigenvalue weighted by Crippen LogP contribution is 2.25. The molecule has 0 aliphatic carbocycles. The van der Waals surface area contributed by atoms with Gasteiger partial charge in [0.05, 0.1) is 5.75 Å². The predicted octanol–water partition coefficient (Wildman–Crippen LogP) is 3.30. The maximum atomic E-state index is 12.8. The lowest BCUT2D eigenvalue weighted by molar-refractivity contribution is -0.121. The van der Waals surface area contributed by atoms with Gasteiger partial charge in [-0.3, -0.25) is 9.59 Å². The molecule has 0 atom stereocenters. The van der Waals surface area contributed by atoms with Crippen LogP contribution in [0.25, 0.3) is 0 Å². The summed E-state index contributed by atoms with van der Waals surface area (Å²) in [5.74, 6) is -0.201. The van der Waals surface area contributed by atoms with Crippen LogP contribution in [0.3, 0.4) is 0 Å². The number of sulfonamides is 1. The first kappa shape index (κ1) is 22.5. The number of aryl methyl sites for hydroxylation is 1. The summed E-state index contributed by atoms with van der Waals surface area (Å²) >= 11 is 0. The van der Waals surface area contributed by atoms with Crippen molar-refractivity contribution in [2.45, 2.75) is 38.4 Å². The normalized spacial score (nSPS) is 18.2. The molecule has 2 aliphatic rings. The van der Waals surface area contributed by atoms with Gasteiger partial charge in [-0.25, -0.2) is 12.7 Å². The van der Waals surface area contributed by atoms with Crippen LogP contribution in [0.5, 0.6) is 0 Å². The molecule has 0 aromatic heterocycles. The van der Waals surface area contributed by atoms with Gasteiger partial charge in [0.1, 0.15) is 0 Å². The number of hydrogen-bond acceptors (Lipinski definition) is 4. The first-order valence-corrected chi connectivity index (χ1v) is 12.7. The van der Waals surface area contributed by atoms with E-state index in [0.29, 0.717) is 38.0 Å². The van der Waals surface area contributed by atoms with Crippen LogP contribution in [-0.4, -0.2) is 44.2 Å². The van der Waals surface area contributed by atoms with E-state index in [0.717, 1.165) is 29.8 Å². The lowest BCUT2D eigenvalue weighted by atomic mass is 9.97. The van der Waals surface area contributed by atoms with Crippen LogP contribution in [0.1, 0.15) is 36.8 Å². The van der Waals surface area contributed by atoms with Crippen molar-refractivity contribution in [3.8, 4) is 0 Å². The third kappa shape index (κ3) is 5.19. The van der Waals surface area contributed by atoms with Gasteiger partial charge in [0.25, 0.3) is 0 Å². The van der Waals surface area contributed by atoms with Crippen LogP contribution in [0.2, 0.25) is 0 Å². The minimum Gasteiger partial charge on any atom is -0.326 e. The molecule has 32 heavy (non-hydrogen) atoms. The number of carbonyl (C=O) groups is 2. The van der Waals surface area contributed by atoms with Crippen LogP contribution in [-0.2, 0) is 25.4 Å². The molecule has 2 saturated heterocycles. The maximum absolute atomic E-state index is 12.8. The Kier molecular flexibility index (Phi) is 6.62. The first-order valence-electron chi connectivity index (χ1n) is 11.1. The molecule has 2 aromatic rings. The molecule has 0 unspecified atom stereocenters. The molecule has 2 amide bonds. The van der Waals surface area contributed by atoms with Gasteiger partial charge in [0.15, 0.2) is 0 Å². The molecule has 2 heterocycles. The van der Waals surface area contributed by atoms with Crippen molar-refractivity contribution in [1.29, 1.82) is 0 Å². The van der Waals surface area contributed by atoms with E-state index in [1.54, 1.807) is 17.0 Å². The molecule has 0 bridgehead atoms. The molecule has 0 spiro atoms. The fourth-order valence-electron chi connectivity index (χ4n) is 4.27. The van der Waals surface area contributed by atoms with E-state index >= 15 is 0 Å². The monoisotopic (exact) mass is 455 g/mol. The Morgan fingerprint density at radius 1 is 1.00 bits per heavy atom. The zero-order valence-corrected chi connectivity index (χ0v) is 19.1. The minimum absolute atomic E-state index is 0.0178. The second kappa shape index (κ2) is 9.42. The Morgan fingerprint density at radius 3 is 2.25 bits per heavy atom. The summed E-state index contributed by atoms with van der Waals surface area (Å²) in [6, 6.07) is 14.8. The summed E-state index contributed by atoms with van der Waals surface area (Å²) in [6.07, 6.45) is 2.45. The van der Waals surface area contributed by atoms with Gasteiger partial charge < -0.3 is 10.2 Å². The number of rotatable bonds is 6. The summed E-state index contributed by atoms with van der Waals surface area (Å²) in [4.78, 5) is 26.3. The van der Waals surface area contributed by atoms with Gasteiger partial charge in [-0.15, -0.1) is 0 Å². The van der Waals surface area contributed by atoms with Crippen molar-refractivity contribution in [1.82, 2.24) is 4.31 Å². The van der Waals surface area contributed by atoms with Gasteiger partial charge in [-0.05, 0) is 56.0 Å². The molecule has 8 heteroatoms. The molecule has 7 nitrogen and oxygen atoms in total. The second-order valence-corrected chi connectivity index (χ2v) is 10.6. The van der Waals surface area contributed by atoms with Gasteiger partial charge in [0.2, 0.25) is 21.8 Å². The third-order valence-electron chi connectivity index (χ3n) is 6.21. The van der Waals surface area contributed by atoms with Crippen molar-refractivity contribution in [2.75, 3.05) is 29.9 Å². The molecular weight excluding hydrogens is 426 g/mol. The number of nitrogens with one attached hydrogen (secondary N) is 1. The zero-order chi connectivity index (χ0) is 22.7. The molecule has 2 aliphatic heterocycles. The van der Waals surface area contributed by atoms with E-state index < -0.39 is 10.0 Å². The average Bonchev–Trinajstić information content (AvgIpc) is 3.22. The highest BCUT2D eigenvalue weighted by molar-refractivity contribution is 7.88. The van der Waals surface area contributed by atoms with Crippen LogP contribution < -0.4 is 10.2 Å². The smallest absolute Gasteiger partial charge is 0.227 e. The molecule has 2 fully saturated rings. The summed E-state index contributed by atoms with van der Waals surface area (Å²) < 4.78 is 27.0. The average molecular weight is 456 g/mol. The Hall–Kier alpha value is -2.71. The quantitative estimate of drug-likeness (QED) is 0.724. The van der Waals surface area contributed by atoms with E-state index in [9.17, 15) is 18.0 Å². The van der Waals surface area contributed by atoms with E-state index in [1.165, 1.54) is 4.31 Å². The summed E-state index contributed by atoms with van der Waals surface area (Å²) in [6.45, 7) is 3.40. The number of hydrogen-bond donors (Lipinski definition) is 1. The predicted molar refractivity (Wildman–Crippen MR) is 125 cm³/mol. The zero-order valence-electron chi connectivity index (χ0n) is 18.3. The summed E-state index contributed by atoms with van der Waals surface area (Å²) in [5.41, 5.74) is 3.39. The van der Waals surface area contributed by atoms with Crippen LogP contribution in [0, 0.1) is 12.8 Å². The van der Waals surface area contributed by atoms with Crippen molar-refractivity contribution in [3.05, 3.63) is 59.7 Å². The Bertz CT molecular complexity index is 1070. The van der Waals surface area contributed by atoms with Crippen molar-refractivity contribution >= 4 is 33.2 Å². The Morgan fingerprint density at radius 2 is 1.66 bits per heavy atom. The van der Waals surface area contributed by atoms with Crippen LogP contribution >= 0.6 is 0 Å². The summed E-state index contributed by atoms with van der Waals surface area (Å²) in [5, 5.41) is 2.93. The highest BCUT2D eigenvalue weighted by atomic mass is 32.2. The van der Waals surface area contributed by atoms with Gasteiger partial charge >= 0.3 is 0 Å². The van der Waals surface area contributed by atoms with E-state index in [1.807, 2.05) is 43.3 Å². The number of benzene rings is 2. The first-order chi connectivity index (χ1) is 15.3. The molecule has 0 saturated carbocycles. The van der Waals surface area contributed by atoms with Gasteiger partial charge in [-0.2, -0.15) is 0 Å².